The van der Waals surface area contributed by atoms with Crippen LogP contribution in [0.1, 0.15) is 47.9 Å². The van der Waals surface area contributed by atoms with Crippen LogP contribution >= 0.6 is 0 Å². The molecule has 54 heavy (non-hydrogen) atoms. The van der Waals surface area contributed by atoms with Crippen molar-refractivity contribution in [3.63, 3.8) is 0 Å². The molecule has 0 spiro atoms. The maximum absolute atomic E-state index is 13.8. The van der Waals surface area contributed by atoms with Crippen molar-refractivity contribution in [3.05, 3.63) is 120 Å². The molecule has 8 rings (SSSR count). The van der Waals surface area contributed by atoms with Gasteiger partial charge < -0.3 is 24.7 Å². The molecule has 2 aliphatic heterocycles. The van der Waals surface area contributed by atoms with Gasteiger partial charge in [-0.1, -0.05) is 24.3 Å². The number of aromatic nitrogens is 4. The van der Waals surface area contributed by atoms with E-state index in [9.17, 15) is 24.0 Å². The van der Waals surface area contributed by atoms with Crippen LogP contribution in [0.2, 0.25) is 0 Å². The lowest BCUT2D eigenvalue weighted by atomic mass is 9.93. The summed E-state index contributed by atoms with van der Waals surface area (Å²) < 4.78 is 3.62. The highest BCUT2D eigenvalue weighted by Crippen LogP contribution is 2.34. The largest absolute Gasteiger partial charge is 0.340 e. The smallest absolute Gasteiger partial charge is 0.261 e. The molecule has 6 aromatic rings. The number of nitrogens with two attached hydrogens (primary N) is 1. The fraction of sp³-hybridized carbons (Fsp3) is 0.225. The third kappa shape index (κ3) is 6.10. The van der Waals surface area contributed by atoms with E-state index in [2.05, 4.69) is 9.97 Å². The van der Waals surface area contributed by atoms with Crippen LogP contribution in [0.3, 0.4) is 0 Å². The minimum absolute atomic E-state index is 0.000346. The van der Waals surface area contributed by atoms with Gasteiger partial charge in [0.25, 0.3) is 23.6 Å². The van der Waals surface area contributed by atoms with Crippen LogP contribution in [0.4, 0.5) is 0 Å². The van der Waals surface area contributed by atoms with Crippen molar-refractivity contribution in [2.45, 2.75) is 6.42 Å². The Morgan fingerprint density at radius 1 is 0.648 bits per heavy atom. The first-order valence-electron chi connectivity index (χ1n) is 17.7. The summed E-state index contributed by atoms with van der Waals surface area (Å²) in [6.45, 7) is 1.38. The van der Waals surface area contributed by atoms with Gasteiger partial charge in [-0.2, -0.15) is 0 Å². The molecular weight excluding hydrogens is 686 g/mol. The van der Waals surface area contributed by atoms with Crippen LogP contribution in [0.25, 0.3) is 32.9 Å². The van der Waals surface area contributed by atoms with Gasteiger partial charge in [0.15, 0.2) is 0 Å². The van der Waals surface area contributed by atoms with Crippen LogP contribution in [0.15, 0.2) is 98.1 Å². The van der Waals surface area contributed by atoms with Gasteiger partial charge in [0, 0.05) is 90.8 Å². The molecule has 0 unspecified atom stereocenters. The topological polar surface area (TPSA) is 160 Å². The van der Waals surface area contributed by atoms with Crippen molar-refractivity contribution in [2.75, 3.05) is 52.9 Å². The molecule has 2 aliphatic rings. The lowest BCUT2D eigenvalue weighted by Crippen LogP contribution is -2.47. The van der Waals surface area contributed by atoms with E-state index in [1.807, 2.05) is 46.8 Å². The van der Waals surface area contributed by atoms with Crippen molar-refractivity contribution in [1.82, 2.24) is 38.7 Å². The van der Waals surface area contributed by atoms with Crippen molar-refractivity contribution in [2.24, 2.45) is 5.73 Å². The number of carbonyl (C=O) groups is 5. The molecule has 2 aromatic heterocycles. The van der Waals surface area contributed by atoms with E-state index in [0.29, 0.717) is 59.1 Å². The summed E-state index contributed by atoms with van der Waals surface area (Å²) in [4.78, 5) is 82.0. The van der Waals surface area contributed by atoms with E-state index in [1.54, 1.807) is 77.2 Å². The van der Waals surface area contributed by atoms with Gasteiger partial charge >= 0.3 is 0 Å². The van der Waals surface area contributed by atoms with E-state index in [4.69, 9.17) is 5.73 Å². The number of hydrogen-bond acceptors (Lipinski definition) is 9. The summed E-state index contributed by atoms with van der Waals surface area (Å²) in [7, 11) is 1.89. The maximum Gasteiger partial charge on any atom is 0.261 e. The summed E-state index contributed by atoms with van der Waals surface area (Å²) in [5.74, 6) is -1.82. The summed E-state index contributed by atoms with van der Waals surface area (Å²) in [5, 5.41) is 2.84. The predicted octanol–water partition coefficient (Wildman–Crippen LogP) is 3.37. The van der Waals surface area contributed by atoms with Crippen LogP contribution in [0, 0.1) is 0 Å². The standard InChI is InChI=1S/C40H37N9O5/c1-44(15-17-48-37(51)30-7-2-5-26-19-28(46-13-9-42-24-46)21-32(35(26)30)39(48)53)11-4-12-45(34(50)23-41)16-18-49-38(52)31-8-3-6-27-20-29(47-14-10-43-25-47)22-33(36(27)31)40(49)54/h2-3,5-10,13-14,19-22,24-25H,4,11-12,15-18,23,41H2,1H3. The molecular formula is C40H37N9O5. The highest BCUT2D eigenvalue weighted by molar-refractivity contribution is 6.26. The summed E-state index contributed by atoms with van der Waals surface area (Å²) >= 11 is 0. The molecule has 0 radical (unpaired) electrons. The van der Waals surface area contributed by atoms with Crippen LogP contribution in [0.5, 0.6) is 0 Å². The molecule has 4 aromatic carbocycles. The van der Waals surface area contributed by atoms with Crippen molar-refractivity contribution < 1.29 is 24.0 Å². The second-order valence-corrected chi connectivity index (χ2v) is 13.5. The summed E-state index contributed by atoms with van der Waals surface area (Å²) in [6, 6.07) is 18.3. The number of rotatable bonds is 13. The van der Waals surface area contributed by atoms with E-state index in [1.165, 1.54) is 9.80 Å². The second kappa shape index (κ2) is 14.1. The Morgan fingerprint density at radius 2 is 1.15 bits per heavy atom. The molecule has 0 saturated heterocycles. The van der Waals surface area contributed by atoms with Crippen molar-refractivity contribution >= 4 is 51.1 Å². The fourth-order valence-electron chi connectivity index (χ4n) is 7.44. The van der Waals surface area contributed by atoms with Gasteiger partial charge in [0.2, 0.25) is 5.91 Å². The summed E-state index contributed by atoms with van der Waals surface area (Å²) in [5.41, 5.74) is 9.09. The number of imide groups is 2. The zero-order valence-corrected chi connectivity index (χ0v) is 29.6. The molecule has 0 aliphatic carbocycles. The van der Waals surface area contributed by atoms with E-state index < -0.39 is 11.8 Å². The highest BCUT2D eigenvalue weighted by atomic mass is 16.2. The number of benzene rings is 4. The molecule has 0 fully saturated rings. The van der Waals surface area contributed by atoms with Crippen LogP contribution in [-0.2, 0) is 4.79 Å². The van der Waals surface area contributed by atoms with Gasteiger partial charge in [-0.25, -0.2) is 9.97 Å². The van der Waals surface area contributed by atoms with Gasteiger partial charge in [-0.15, -0.1) is 0 Å². The van der Waals surface area contributed by atoms with E-state index >= 15 is 0 Å². The van der Waals surface area contributed by atoms with E-state index in [0.717, 1.165) is 22.1 Å². The molecule has 5 amide bonds. The first-order chi connectivity index (χ1) is 26.2. The number of amides is 5. The molecule has 272 valence electrons. The SMILES string of the molecule is CN(CCCN(CCN1C(=O)c2cccc3cc(-n4ccnc4)cc(c23)C1=O)C(=O)CN)CCN1C(=O)c2cccc3cc(-n4ccnc4)cc(c23)C1=O. The Morgan fingerprint density at radius 3 is 1.63 bits per heavy atom. The molecule has 14 heteroatoms. The minimum Gasteiger partial charge on any atom is -0.340 e. The Balaban J connectivity index is 0.904. The quantitative estimate of drug-likeness (QED) is 0.176. The molecule has 0 atom stereocenters. The van der Waals surface area contributed by atoms with Gasteiger partial charge in [-0.05, 0) is 67.2 Å². The van der Waals surface area contributed by atoms with Gasteiger partial charge in [-0.3, -0.25) is 33.8 Å². The third-order valence-corrected chi connectivity index (χ3v) is 10.2. The highest BCUT2D eigenvalue weighted by Gasteiger charge is 2.35. The molecule has 0 bridgehead atoms. The first-order valence-corrected chi connectivity index (χ1v) is 17.7. The van der Waals surface area contributed by atoms with Crippen LogP contribution in [-0.4, -0.2) is 121 Å². The molecule has 4 heterocycles. The van der Waals surface area contributed by atoms with Gasteiger partial charge in [0.05, 0.1) is 30.3 Å². The Bertz CT molecular complexity index is 2460. The maximum atomic E-state index is 13.8. The van der Waals surface area contributed by atoms with Crippen molar-refractivity contribution in [3.8, 4) is 11.4 Å². The molecule has 2 N–H and O–H groups in total. The minimum atomic E-state index is -0.427. The Kier molecular flexibility index (Phi) is 9.05. The fourth-order valence-corrected chi connectivity index (χ4v) is 7.44. The third-order valence-electron chi connectivity index (χ3n) is 10.2. The normalized spacial score (nSPS) is 13.9. The predicted molar refractivity (Wildman–Crippen MR) is 201 cm³/mol. The number of likely N-dealkylation sites (N-methyl/N-ethyl adjacent to an activating group) is 1. The lowest BCUT2D eigenvalue weighted by Gasteiger charge is -2.31. The second-order valence-electron chi connectivity index (χ2n) is 13.5. The first kappa shape index (κ1) is 34.6. The Hall–Kier alpha value is -6.51. The Labute approximate surface area is 310 Å². The van der Waals surface area contributed by atoms with E-state index in [-0.39, 0.29) is 43.9 Å². The molecule has 0 saturated carbocycles. The zero-order valence-electron chi connectivity index (χ0n) is 29.6. The average Bonchev–Trinajstić information content (AvgIpc) is 3.94. The number of carbonyl (C=O) groups excluding carboxylic acids is 5. The number of nitrogens with zero attached hydrogens (tertiary/aromatic N) is 8. The monoisotopic (exact) mass is 723 g/mol. The number of hydrogen-bond donors (Lipinski definition) is 1. The average molecular weight is 724 g/mol. The van der Waals surface area contributed by atoms with Crippen LogP contribution < -0.4 is 5.73 Å². The molecule has 14 nitrogen and oxygen atoms in total. The zero-order chi connectivity index (χ0) is 37.5. The lowest BCUT2D eigenvalue weighted by molar-refractivity contribution is -0.129. The van der Waals surface area contributed by atoms with Crippen molar-refractivity contribution in [1.29, 1.82) is 0 Å². The number of imidazole rings is 2. The van der Waals surface area contributed by atoms with Gasteiger partial charge in [0.1, 0.15) is 0 Å². The summed E-state index contributed by atoms with van der Waals surface area (Å²) in [6.07, 6.45) is 10.8.